The molecule has 0 bridgehead atoms. The molecule has 2 nitrogen and oxygen atoms in total. The summed E-state index contributed by atoms with van der Waals surface area (Å²) in [7, 11) is 0. The van der Waals surface area contributed by atoms with Crippen molar-refractivity contribution in [2.45, 2.75) is 25.7 Å². The second-order valence-electron chi connectivity index (χ2n) is 6.08. The van der Waals surface area contributed by atoms with Crippen LogP contribution < -0.4 is 5.32 Å². The quantitative estimate of drug-likeness (QED) is 0.816. The van der Waals surface area contributed by atoms with Crippen LogP contribution in [0.2, 0.25) is 0 Å². The molecule has 0 atom stereocenters. The Hall–Kier alpha value is -1.38. The highest BCUT2D eigenvalue weighted by Crippen LogP contribution is 2.15. The zero-order valence-corrected chi connectivity index (χ0v) is 12.9. The number of piperidine rings is 1. The molecule has 1 heterocycles. The van der Waals surface area contributed by atoms with Crippen LogP contribution in [-0.4, -0.2) is 37.6 Å². The Kier molecular flexibility index (Phi) is 5.25. The Morgan fingerprint density at radius 3 is 2.52 bits per heavy atom. The van der Waals surface area contributed by atoms with Crippen LogP contribution in [0.15, 0.2) is 42.5 Å². The van der Waals surface area contributed by atoms with E-state index in [1.807, 2.05) is 0 Å². The van der Waals surface area contributed by atoms with Crippen molar-refractivity contribution in [3.05, 3.63) is 48.0 Å². The summed E-state index contributed by atoms with van der Waals surface area (Å²) in [4.78, 5) is 2.59. The molecule has 3 rings (SSSR count). The maximum Gasteiger partial charge on any atom is 0.0107 e. The van der Waals surface area contributed by atoms with E-state index in [2.05, 4.69) is 52.7 Å². The second-order valence-corrected chi connectivity index (χ2v) is 6.08. The summed E-state index contributed by atoms with van der Waals surface area (Å²) in [6.07, 6.45) is 5.31. The van der Waals surface area contributed by atoms with Gasteiger partial charge >= 0.3 is 0 Å². The Labute approximate surface area is 128 Å². The molecule has 0 spiro atoms. The molecule has 0 aromatic heterocycles. The van der Waals surface area contributed by atoms with Crippen molar-refractivity contribution in [3.63, 3.8) is 0 Å². The van der Waals surface area contributed by atoms with Crippen molar-refractivity contribution in [3.8, 4) is 0 Å². The minimum absolute atomic E-state index is 1.08. The zero-order valence-electron chi connectivity index (χ0n) is 12.9. The maximum atomic E-state index is 3.59. The summed E-state index contributed by atoms with van der Waals surface area (Å²) < 4.78 is 0. The van der Waals surface area contributed by atoms with Gasteiger partial charge in [-0.05, 0) is 55.2 Å². The Morgan fingerprint density at radius 2 is 1.67 bits per heavy atom. The van der Waals surface area contributed by atoms with Crippen LogP contribution in [-0.2, 0) is 6.42 Å². The lowest BCUT2D eigenvalue weighted by Gasteiger charge is -2.26. The molecule has 2 aromatic carbocycles. The van der Waals surface area contributed by atoms with Crippen LogP contribution in [0.3, 0.4) is 0 Å². The standard InChI is InChI=1S/C19H26N2/c1-4-13-21(14-5-1)15-12-20-11-10-17-8-9-18-6-2-3-7-19(18)16-17/h2-3,6-9,16,20H,1,4-5,10-15H2. The Bertz CT molecular complexity index is 558. The largest absolute Gasteiger partial charge is 0.315 e. The first-order chi connectivity index (χ1) is 10.4. The van der Waals surface area contributed by atoms with Crippen molar-refractivity contribution < 1.29 is 0 Å². The third-order valence-electron chi connectivity index (χ3n) is 4.46. The first-order valence-electron chi connectivity index (χ1n) is 8.32. The molecule has 0 radical (unpaired) electrons. The van der Waals surface area contributed by atoms with E-state index in [1.165, 1.54) is 55.2 Å². The van der Waals surface area contributed by atoms with E-state index in [1.54, 1.807) is 0 Å². The molecule has 1 fully saturated rings. The molecule has 0 saturated carbocycles. The smallest absolute Gasteiger partial charge is 0.0107 e. The van der Waals surface area contributed by atoms with Crippen LogP contribution in [0.25, 0.3) is 10.8 Å². The molecule has 2 heteroatoms. The Balaban J connectivity index is 1.39. The number of nitrogens with one attached hydrogen (secondary N) is 1. The fourth-order valence-corrected chi connectivity index (χ4v) is 3.17. The van der Waals surface area contributed by atoms with Gasteiger partial charge in [0, 0.05) is 13.1 Å². The summed E-state index contributed by atoms with van der Waals surface area (Å²) in [6, 6.07) is 15.4. The summed E-state index contributed by atoms with van der Waals surface area (Å²) in [5.41, 5.74) is 1.43. The number of nitrogens with zero attached hydrogens (tertiary/aromatic N) is 1. The number of hydrogen-bond acceptors (Lipinski definition) is 2. The average Bonchev–Trinajstić information content (AvgIpc) is 2.55. The van der Waals surface area contributed by atoms with Gasteiger partial charge < -0.3 is 10.2 Å². The highest BCUT2D eigenvalue weighted by molar-refractivity contribution is 5.82. The lowest BCUT2D eigenvalue weighted by Crippen LogP contribution is -2.36. The highest BCUT2D eigenvalue weighted by atomic mass is 15.1. The van der Waals surface area contributed by atoms with Crippen molar-refractivity contribution in [1.82, 2.24) is 10.2 Å². The third-order valence-corrected chi connectivity index (χ3v) is 4.46. The first kappa shape index (κ1) is 14.6. The Morgan fingerprint density at radius 1 is 0.857 bits per heavy atom. The number of rotatable bonds is 6. The van der Waals surface area contributed by atoms with E-state index >= 15 is 0 Å². The number of fused-ring (bicyclic) bond motifs is 1. The normalized spacial score (nSPS) is 16.4. The molecule has 1 aliphatic heterocycles. The highest BCUT2D eigenvalue weighted by Gasteiger charge is 2.08. The summed E-state index contributed by atoms with van der Waals surface area (Å²) in [6.45, 7) is 6.00. The third kappa shape index (κ3) is 4.29. The number of likely N-dealkylation sites (tertiary alicyclic amines) is 1. The first-order valence-corrected chi connectivity index (χ1v) is 8.32. The van der Waals surface area contributed by atoms with Gasteiger partial charge in [-0.15, -0.1) is 0 Å². The van der Waals surface area contributed by atoms with Crippen LogP contribution in [0, 0.1) is 0 Å². The fraction of sp³-hybridized carbons (Fsp3) is 0.474. The van der Waals surface area contributed by atoms with E-state index < -0.39 is 0 Å². The van der Waals surface area contributed by atoms with Gasteiger partial charge in [-0.25, -0.2) is 0 Å². The van der Waals surface area contributed by atoms with Crippen molar-refractivity contribution in [2.24, 2.45) is 0 Å². The molecule has 1 saturated heterocycles. The van der Waals surface area contributed by atoms with Gasteiger partial charge in [-0.2, -0.15) is 0 Å². The lowest BCUT2D eigenvalue weighted by atomic mass is 10.1. The minimum atomic E-state index is 1.08. The molecule has 1 N–H and O–H groups in total. The number of benzene rings is 2. The van der Waals surface area contributed by atoms with E-state index in [9.17, 15) is 0 Å². The minimum Gasteiger partial charge on any atom is -0.315 e. The topological polar surface area (TPSA) is 15.3 Å². The maximum absolute atomic E-state index is 3.59. The molecule has 2 aromatic rings. The van der Waals surface area contributed by atoms with Crippen LogP contribution in [0.1, 0.15) is 24.8 Å². The SMILES string of the molecule is c1ccc2cc(CCNCCN3CCCCC3)ccc2c1. The van der Waals surface area contributed by atoms with Gasteiger partial charge in [0.15, 0.2) is 0 Å². The van der Waals surface area contributed by atoms with Gasteiger partial charge in [0.1, 0.15) is 0 Å². The van der Waals surface area contributed by atoms with Crippen molar-refractivity contribution in [1.29, 1.82) is 0 Å². The summed E-state index contributed by atoms with van der Waals surface area (Å²) in [5.74, 6) is 0. The van der Waals surface area contributed by atoms with Gasteiger partial charge in [0.25, 0.3) is 0 Å². The van der Waals surface area contributed by atoms with Crippen molar-refractivity contribution >= 4 is 10.8 Å². The van der Waals surface area contributed by atoms with E-state index in [-0.39, 0.29) is 0 Å². The summed E-state index contributed by atoms with van der Waals surface area (Å²) >= 11 is 0. The van der Waals surface area contributed by atoms with Crippen molar-refractivity contribution in [2.75, 3.05) is 32.7 Å². The second kappa shape index (κ2) is 7.58. The molecular formula is C19H26N2. The molecule has 0 aliphatic carbocycles. The van der Waals surface area contributed by atoms with Crippen LogP contribution in [0.4, 0.5) is 0 Å². The number of hydrogen-bond donors (Lipinski definition) is 1. The van der Waals surface area contributed by atoms with Gasteiger partial charge in [0.2, 0.25) is 0 Å². The zero-order chi connectivity index (χ0) is 14.3. The van der Waals surface area contributed by atoms with Gasteiger partial charge in [-0.3, -0.25) is 0 Å². The molecule has 1 aliphatic rings. The van der Waals surface area contributed by atoms with Gasteiger partial charge in [0.05, 0.1) is 0 Å². The van der Waals surface area contributed by atoms with Crippen LogP contribution >= 0.6 is 0 Å². The monoisotopic (exact) mass is 282 g/mol. The predicted octanol–water partition coefficient (Wildman–Crippen LogP) is 3.46. The molecular weight excluding hydrogens is 256 g/mol. The lowest BCUT2D eigenvalue weighted by molar-refractivity contribution is 0.229. The molecule has 21 heavy (non-hydrogen) atoms. The predicted molar refractivity (Wildman–Crippen MR) is 90.8 cm³/mol. The van der Waals surface area contributed by atoms with Gasteiger partial charge in [-0.1, -0.05) is 48.9 Å². The molecule has 0 amide bonds. The van der Waals surface area contributed by atoms with Crippen LogP contribution in [0.5, 0.6) is 0 Å². The molecule has 112 valence electrons. The van der Waals surface area contributed by atoms with E-state index in [0.717, 1.165) is 19.5 Å². The summed E-state index contributed by atoms with van der Waals surface area (Å²) in [5, 5.41) is 6.27. The fourth-order valence-electron chi connectivity index (χ4n) is 3.17. The van der Waals surface area contributed by atoms with E-state index in [0.29, 0.717) is 0 Å². The van der Waals surface area contributed by atoms with E-state index in [4.69, 9.17) is 0 Å². The molecule has 0 unspecified atom stereocenters. The average molecular weight is 282 g/mol.